The summed E-state index contributed by atoms with van der Waals surface area (Å²) >= 11 is 6.14. The Balaban J connectivity index is 1.82. The van der Waals surface area contributed by atoms with Crippen molar-refractivity contribution in [2.45, 2.75) is 25.8 Å². The number of carbonyl (C=O) groups is 1. The summed E-state index contributed by atoms with van der Waals surface area (Å²) in [5.41, 5.74) is 9.00. The molecule has 5 heteroatoms. The lowest BCUT2D eigenvalue weighted by molar-refractivity contribution is 0.102. The minimum atomic E-state index is -0.140. The van der Waals surface area contributed by atoms with Crippen LogP contribution < -0.4 is 16.0 Å². The molecular weight excluding hydrogens is 322 g/mol. The molecule has 1 aliphatic rings. The van der Waals surface area contributed by atoms with Gasteiger partial charge in [-0.3, -0.25) is 4.79 Å². The molecule has 0 radical (unpaired) electrons. The highest BCUT2D eigenvalue weighted by Crippen LogP contribution is 2.31. The van der Waals surface area contributed by atoms with E-state index >= 15 is 0 Å². The van der Waals surface area contributed by atoms with Crippen molar-refractivity contribution < 1.29 is 4.79 Å². The highest BCUT2D eigenvalue weighted by Gasteiger charge is 2.17. The summed E-state index contributed by atoms with van der Waals surface area (Å²) in [5, 5.41) is 3.62. The minimum Gasteiger partial charge on any atom is -0.370 e. The van der Waals surface area contributed by atoms with E-state index in [1.165, 1.54) is 19.3 Å². The average Bonchev–Trinajstić information content (AvgIpc) is 2.62. The van der Waals surface area contributed by atoms with Crippen molar-refractivity contribution in [1.82, 2.24) is 0 Å². The Labute approximate surface area is 147 Å². The quantitative estimate of drug-likeness (QED) is 0.880. The Morgan fingerprint density at radius 2 is 1.79 bits per heavy atom. The summed E-state index contributed by atoms with van der Waals surface area (Å²) in [6.45, 7) is 2.49. The number of carbonyl (C=O) groups excluding carboxylic acids is 1. The van der Waals surface area contributed by atoms with E-state index in [1.807, 2.05) is 30.3 Å². The summed E-state index contributed by atoms with van der Waals surface area (Å²) in [6.07, 6.45) is 3.62. The predicted molar refractivity (Wildman–Crippen MR) is 99.8 cm³/mol. The molecule has 1 fully saturated rings. The molecule has 126 valence electrons. The van der Waals surface area contributed by atoms with Gasteiger partial charge in [-0.2, -0.15) is 0 Å². The second-order valence-electron chi connectivity index (χ2n) is 6.06. The third-order valence-electron chi connectivity index (χ3n) is 4.36. The minimum absolute atomic E-state index is 0.140. The molecule has 0 bridgehead atoms. The van der Waals surface area contributed by atoms with Crippen LogP contribution in [0.4, 0.5) is 11.4 Å². The van der Waals surface area contributed by atoms with Crippen molar-refractivity contribution in [3.8, 4) is 0 Å². The Morgan fingerprint density at radius 1 is 1.08 bits per heavy atom. The summed E-state index contributed by atoms with van der Waals surface area (Å²) in [4.78, 5) is 14.9. The van der Waals surface area contributed by atoms with Crippen LogP contribution in [-0.4, -0.2) is 19.0 Å². The number of nitrogens with two attached hydrogens (primary N) is 1. The maximum atomic E-state index is 12.6. The molecule has 1 saturated heterocycles. The Bertz CT molecular complexity index is 709. The lowest BCUT2D eigenvalue weighted by atomic mass is 10.1. The van der Waals surface area contributed by atoms with E-state index in [-0.39, 0.29) is 5.91 Å². The van der Waals surface area contributed by atoms with Crippen molar-refractivity contribution in [3.63, 3.8) is 0 Å². The number of hydrogen-bond donors (Lipinski definition) is 2. The first-order valence-corrected chi connectivity index (χ1v) is 8.70. The van der Waals surface area contributed by atoms with Gasteiger partial charge < -0.3 is 16.0 Å². The SMILES string of the molecule is NCc1ccc(C(=O)Nc2cc(Cl)ccc2N2CCCCC2)cc1. The fourth-order valence-corrected chi connectivity index (χ4v) is 3.18. The zero-order chi connectivity index (χ0) is 16.9. The van der Waals surface area contributed by atoms with Crippen LogP contribution in [0.3, 0.4) is 0 Å². The molecule has 0 atom stereocenters. The van der Waals surface area contributed by atoms with E-state index in [0.717, 1.165) is 30.0 Å². The molecule has 3 N–H and O–H groups in total. The van der Waals surface area contributed by atoms with Crippen molar-refractivity contribution in [2.24, 2.45) is 5.73 Å². The van der Waals surface area contributed by atoms with Gasteiger partial charge in [0.2, 0.25) is 0 Å². The van der Waals surface area contributed by atoms with Gasteiger partial charge in [-0.15, -0.1) is 0 Å². The van der Waals surface area contributed by atoms with E-state index in [1.54, 1.807) is 12.1 Å². The molecular formula is C19H22ClN3O. The first kappa shape index (κ1) is 16.8. The van der Waals surface area contributed by atoms with Gasteiger partial charge in [-0.05, 0) is 55.2 Å². The third-order valence-corrected chi connectivity index (χ3v) is 4.59. The zero-order valence-corrected chi connectivity index (χ0v) is 14.4. The number of piperidine rings is 1. The van der Waals surface area contributed by atoms with Crippen LogP contribution in [0.2, 0.25) is 5.02 Å². The lowest BCUT2D eigenvalue weighted by Crippen LogP contribution is -2.30. The van der Waals surface area contributed by atoms with Crippen molar-refractivity contribution in [3.05, 3.63) is 58.6 Å². The van der Waals surface area contributed by atoms with Gasteiger partial charge in [0, 0.05) is 30.2 Å². The summed E-state index contributed by atoms with van der Waals surface area (Å²) in [7, 11) is 0. The molecule has 4 nitrogen and oxygen atoms in total. The Hall–Kier alpha value is -2.04. The van der Waals surface area contributed by atoms with Crippen LogP contribution in [0.25, 0.3) is 0 Å². The van der Waals surface area contributed by atoms with Crippen LogP contribution in [0.5, 0.6) is 0 Å². The second kappa shape index (κ2) is 7.69. The van der Waals surface area contributed by atoms with Gasteiger partial charge in [-0.1, -0.05) is 23.7 Å². The van der Waals surface area contributed by atoms with Crippen molar-refractivity contribution in [2.75, 3.05) is 23.3 Å². The smallest absolute Gasteiger partial charge is 0.255 e. The highest BCUT2D eigenvalue weighted by molar-refractivity contribution is 6.31. The fourth-order valence-electron chi connectivity index (χ4n) is 3.01. The molecule has 2 aromatic rings. The van der Waals surface area contributed by atoms with E-state index in [4.69, 9.17) is 17.3 Å². The van der Waals surface area contributed by atoms with Gasteiger partial charge in [0.05, 0.1) is 11.4 Å². The summed E-state index contributed by atoms with van der Waals surface area (Å²) in [6, 6.07) is 13.0. The fraction of sp³-hybridized carbons (Fsp3) is 0.316. The zero-order valence-electron chi connectivity index (χ0n) is 13.6. The van der Waals surface area contributed by atoms with Gasteiger partial charge in [-0.25, -0.2) is 0 Å². The van der Waals surface area contributed by atoms with Crippen LogP contribution >= 0.6 is 11.6 Å². The van der Waals surface area contributed by atoms with E-state index < -0.39 is 0 Å². The number of nitrogens with one attached hydrogen (secondary N) is 1. The van der Waals surface area contributed by atoms with Crippen LogP contribution in [0.1, 0.15) is 35.2 Å². The molecule has 1 amide bonds. The number of amides is 1. The average molecular weight is 344 g/mol. The normalized spacial score (nSPS) is 14.5. The molecule has 1 aliphatic heterocycles. The first-order chi connectivity index (χ1) is 11.7. The van der Waals surface area contributed by atoms with Gasteiger partial charge in [0.15, 0.2) is 0 Å². The Morgan fingerprint density at radius 3 is 2.46 bits per heavy atom. The standard InChI is InChI=1S/C19H22ClN3O/c20-16-8-9-18(23-10-2-1-3-11-23)17(12-16)22-19(24)15-6-4-14(13-21)5-7-15/h4-9,12H,1-3,10-11,13,21H2,(H,22,24). The van der Waals surface area contributed by atoms with E-state index in [2.05, 4.69) is 10.2 Å². The monoisotopic (exact) mass is 343 g/mol. The molecule has 0 aromatic heterocycles. The third kappa shape index (κ3) is 3.89. The topological polar surface area (TPSA) is 58.4 Å². The van der Waals surface area contributed by atoms with E-state index in [9.17, 15) is 4.79 Å². The Kier molecular flexibility index (Phi) is 5.38. The second-order valence-corrected chi connectivity index (χ2v) is 6.50. The molecule has 0 aliphatic carbocycles. The summed E-state index contributed by atoms with van der Waals surface area (Å²) in [5.74, 6) is -0.140. The predicted octanol–water partition coefficient (Wildman–Crippen LogP) is 4.04. The maximum absolute atomic E-state index is 12.6. The van der Waals surface area contributed by atoms with Gasteiger partial charge in [0.1, 0.15) is 0 Å². The number of benzene rings is 2. The number of halogens is 1. The number of nitrogens with zero attached hydrogens (tertiary/aromatic N) is 1. The molecule has 0 saturated carbocycles. The number of hydrogen-bond acceptors (Lipinski definition) is 3. The summed E-state index contributed by atoms with van der Waals surface area (Å²) < 4.78 is 0. The number of anilines is 2. The lowest BCUT2D eigenvalue weighted by Gasteiger charge is -2.30. The maximum Gasteiger partial charge on any atom is 0.255 e. The molecule has 0 unspecified atom stereocenters. The molecule has 24 heavy (non-hydrogen) atoms. The van der Waals surface area contributed by atoms with E-state index in [0.29, 0.717) is 17.1 Å². The number of rotatable bonds is 4. The van der Waals surface area contributed by atoms with Crippen molar-refractivity contribution in [1.29, 1.82) is 0 Å². The molecule has 1 heterocycles. The van der Waals surface area contributed by atoms with Gasteiger partial charge >= 0.3 is 0 Å². The largest absolute Gasteiger partial charge is 0.370 e. The molecule has 2 aromatic carbocycles. The van der Waals surface area contributed by atoms with Crippen LogP contribution in [0.15, 0.2) is 42.5 Å². The van der Waals surface area contributed by atoms with Crippen LogP contribution in [0, 0.1) is 0 Å². The van der Waals surface area contributed by atoms with Crippen molar-refractivity contribution >= 4 is 28.9 Å². The first-order valence-electron chi connectivity index (χ1n) is 8.32. The molecule has 0 spiro atoms. The molecule has 3 rings (SSSR count). The van der Waals surface area contributed by atoms with Crippen LogP contribution in [-0.2, 0) is 6.54 Å². The highest BCUT2D eigenvalue weighted by atomic mass is 35.5. The van der Waals surface area contributed by atoms with Gasteiger partial charge in [0.25, 0.3) is 5.91 Å².